The fourth-order valence-electron chi connectivity index (χ4n) is 0.865. The van der Waals surface area contributed by atoms with E-state index in [4.69, 9.17) is 17.1 Å². The van der Waals surface area contributed by atoms with Gasteiger partial charge in [-0.25, -0.2) is 4.39 Å². The van der Waals surface area contributed by atoms with Crippen molar-refractivity contribution in [1.29, 1.82) is 0 Å². The molecule has 3 nitrogen and oxygen atoms in total. The van der Waals surface area contributed by atoms with E-state index in [0.717, 1.165) is 0 Å². The highest BCUT2D eigenvalue weighted by atomic mass is 79.9. The van der Waals surface area contributed by atoms with Gasteiger partial charge in [0.2, 0.25) is 6.29 Å². The zero-order valence-corrected chi connectivity index (χ0v) is 9.01. The Morgan fingerprint density at radius 3 is 2.79 bits per heavy atom. The first kappa shape index (κ1) is 11.0. The van der Waals surface area contributed by atoms with Crippen molar-refractivity contribution in [3.05, 3.63) is 38.5 Å². The van der Waals surface area contributed by atoms with E-state index in [2.05, 4.69) is 20.7 Å². The monoisotopic (exact) mass is 276 g/mol. The SMILES string of the molecule is [N-]=[N+]=C(C=O)c1ccc(Cl)c(F)c1Br. The third-order valence-corrected chi connectivity index (χ3v) is 2.60. The number of aldehydes is 1. The van der Waals surface area contributed by atoms with Gasteiger partial charge in [0.15, 0.2) is 5.82 Å². The van der Waals surface area contributed by atoms with Gasteiger partial charge in [0.25, 0.3) is 0 Å². The van der Waals surface area contributed by atoms with Crippen molar-refractivity contribution in [3.8, 4) is 0 Å². The summed E-state index contributed by atoms with van der Waals surface area (Å²) in [6.07, 6.45) is 0.313. The maximum atomic E-state index is 13.2. The summed E-state index contributed by atoms with van der Waals surface area (Å²) < 4.78 is 13.2. The third kappa shape index (κ3) is 1.90. The predicted octanol–water partition coefficient (Wildman–Crippen LogP) is 2.46. The second kappa shape index (κ2) is 4.46. The highest BCUT2D eigenvalue weighted by Gasteiger charge is 2.18. The minimum absolute atomic E-state index is 0.00935. The molecule has 0 fully saturated rings. The van der Waals surface area contributed by atoms with Crippen LogP contribution in [0.5, 0.6) is 0 Å². The van der Waals surface area contributed by atoms with Crippen molar-refractivity contribution in [2.75, 3.05) is 0 Å². The molecule has 0 saturated heterocycles. The van der Waals surface area contributed by atoms with Gasteiger partial charge >= 0.3 is 5.71 Å². The number of carbonyl (C=O) groups excluding carboxylic acids is 1. The lowest BCUT2D eigenvalue weighted by atomic mass is 10.1. The van der Waals surface area contributed by atoms with Gasteiger partial charge in [0, 0.05) is 0 Å². The second-order valence-corrected chi connectivity index (χ2v) is 3.53. The number of hydrogen-bond acceptors (Lipinski definition) is 1. The van der Waals surface area contributed by atoms with Crippen molar-refractivity contribution in [1.82, 2.24) is 0 Å². The number of halogens is 3. The molecule has 0 heterocycles. The molecule has 0 amide bonds. The Morgan fingerprint density at radius 1 is 1.64 bits per heavy atom. The lowest BCUT2D eigenvalue weighted by molar-refractivity contribution is -0.106. The Bertz CT molecular complexity index is 443. The number of rotatable bonds is 2. The van der Waals surface area contributed by atoms with Crippen molar-refractivity contribution in [2.24, 2.45) is 0 Å². The minimum atomic E-state index is -0.702. The first-order valence-corrected chi connectivity index (χ1v) is 4.60. The van der Waals surface area contributed by atoms with Crippen LogP contribution >= 0.6 is 27.5 Å². The zero-order valence-electron chi connectivity index (χ0n) is 6.67. The number of benzene rings is 1. The average Bonchev–Trinajstić information content (AvgIpc) is 2.19. The fourth-order valence-corrected chi connectivity index (χ4v) is 1.69. The van der Waals surface area contributed by atoms with Crippen LogP contribution in [-0.4, -0.2) is 16.8 Å². The van der Waals surface area contributed by atoms with Crippen molar-refractivity contribution < 1.29 is 14.0 Å². The highest BCUT2D eigenvalue weighted by Crippen LogP contribution is 2.26. The fraction of sp³-hybridized carbons (Fsp3) is 0. The highest BCUT2D eigenvalue weighted by molar-refractivity contribution is 9.10. The van der Waals surface area contributed by atoms with Gasteiger partial charge < -0.3 is 5.53 Å². The van der Waals surface area contributed by atoms with Crippen LogP contribution in [0.15, 0.2) is 16.6 Å². The zero-order chi connectivity index (χ0) is 10.7. The molecule has 0 aromatic heterocycles. The molecule has 1 aromatic carbocycles. The van der Waals surface area contributed by atoms with E-state index in [0.29, 0.717) is 6.29 Å². The molecule has 0 spiro atoms. The maximum absolute atomic E-state index is 13.2. The van der Waals surface area contributed by atoms with E-state index in [9.17, 15) is 9.18 Å². The van der Waals surface area contributed by atoms with E-state index in [1.165, 1.54) is 12.1 Å². The normalized spacial score (nSPS) is 9.36. The Hall–Kier alpha value is -1.03. The Kier molecular flexibility index (Phi) is 3.52. The number of carbonyl (C=O) groups is 1. The largest absolute Gasteiger partial charge is 0.363 e. The molecule has 72 valence electrons. The smallest absolute Gasteiger partial charge is 0.361 e. The van der Waals surface area contributed by atoms with E-state index >= 15 is 0 Å². The lowest BCUT2D eigenvalue weighted by Gasteiger charge is -1.99. The maximum Gasteiger partial charge on any atom is 0.363 e. The summed E-state index contributed by atoms with van der Waals surface area (Å²) in [7, 11) is 0. The molecule has 0 saturated carbocycles. The lowest BCUT2D eigenvalue weighted by Crippen LogP contribution is -2.05. The predicted molar refractivity (Wildman–Crippen MR) is 52.9 cm³/mol. The molecule has 6 heteroatoms. The Balaban J connectivity index is 3.45. The van der Waals surface area contributed by atoms with Crippen molar-refractivity contribution in [2.45, 2.75) is 0 Å². The third-order valence-electron chi connectivity index (χ3n) is 1.53. The molecule has 0 aliphatic carbocycles. The minimum Gasteiger partial charge on any atom is -0.361 e. The summed E-state index contributed by atoms with van der Waals surface area (Å²) >= 11 is 8.38. The van der Waals surface area contributed by atoms with Crippen LogP contribution in [0.1, 0.15) is 5.56 Å². The number of hydrogen-bond donors (Lipinski definition) is 0. The van der Waals surface area contributed by atoms with Crippen LogP contribution in [0.3, 0.4) is 0 Å². The molecule has 0 bridgehead atoms. The molecule has 0 radical (unpaired) electrons. The molecule has 0 aliphatic rings. The Labute approximate surface area is 92.2 Å². The summed E-state index contributed by atoms with van der Waals surface area (Å²) in [5, 5.41) is -0.0798. The molecule has 14 heavy (non-hydrogen) atoms. The quantitative estimate of drug-likeness (QED) is 0.269. The van der Waals surface area contributed by atoms with Gasteiger partial charge in [0.05, 0.1) is 15.1 Å². The summed E-state index contributed by atoms with van der Waals surface area (Å²) in [5.74, 6) is -0.702. The summed E-state index contributed by atoms with van der Waals surface area (Å²) in [6, 6.07) is 2.64. The summed E-state index contributed by atoms with van der Waals surface area (Å²) in [4.78, 5) is 13.1. The van der Waals surface area contributed by atoms with Gasteiger partial charge in [-0.15, -0.1) is 0 Å². The molecular weight excluding hydrogens is 274 g/mol. The summed E-state index contributed by atoms with van der Waals surface area (Å²) in [5.41, 5.74) is 8.32. The van der Waals surface area contributed by atoms with Crippen LogP contribution < -0.4 is 0 Å². The molecule has 0 aliphatic heterocycles. The van der Waals surface area contributed by atoms with Gasteiger partial charge in [0.1, 0.15) is 0 Å². The standard InChI is InChI=1S/C8H3BrClFN2O/c9-7-4(6(3-14)13-12)1-2-5(10)8(7)11/h1-3H. The molecule has 0 unspecified atom stereocenters. The van der Waals surface area contributed by atoms with Crippen LogP contribution in [-0.2, 0) is 4.79 Å². The van der Waals surface area contributed by atoms with Crippen molar-refractivity contribution in [3.63, 3.8) is 0 Å². The van der Waals surface area contributed by atoms with Crippen molar-refractivity contribution >= 4 is 39.5 Å². The van der Waals surface area contributed by atoms with Gasteiger partial charge in [-0.2, -0.15) is 4.79 Å². The number of nitrogens with zero attached hydrogens (tertiary/aromatic N) is 2. The van der Waals surface area contributed by atoms with Gasteiger partial charge in [-0.3, -0.25) is 4.79 Å². The van der Waals surface area contributed by atoms with Gasteiger partial charge in [-0.1, -0.05) is 11.6 Å². The van der Waals surface area contributed by atoms with Crippen LogP contribution in [0.2, 0.25) is 5.02 Å². The molecule has 0 atom stereocenters. The van der Waals surface area contributed by atoms with E-state index < -0.39 is 5.82 Å². The first-order valence-electron chi connectivity index (χ1n) is 3.43. The van der Waals surface area contributed by atoms with Crippen LogP contribution in [0.25, 0.3) is 5.53 Å². The first-order chi connectivity index (χ1) is 6.61. The average molecular weight is 277 g/mol. The summed E-state index contributed by atoms with van der Waals surface area (Å²) in [6.45, 7) is 0. The molecule has 1 aromatic rings. The molecule has 1 rings (SSSR count). The van der Waals surface area contributed by atoms with Crippen LogP contribution in [0.4, 0.5) is 4.39 Å². The van der Waals surface area contributed by atoms with E-state index in [1.54, 1.807) is 0 Å². The Morgan fingerprint density at radius 2 is 2.29 bits per heavy atom. The van der Waals surface area contributed by atoms with Crippen LogP contribution in [0, 0.1) is 5.82 Å². The van der Waals surface area contributed by atoms with E-state index in [-0.39, 0.29) is 20.8 Å². The van der Waals surface area contributed by atoms with Gasteiger partial charge in [-0.05, 0) is 28.1 Å². The molecule has 0 N–H and O–H groups in total. The molecular formula is C8H3BrClFN2O. The second-order valence-electron chi connectivity index (χ2n) is 2.33. The van der Waals surface area contributed by atoms with E-state index in [1.807, 2.05) is 0 Å². The topological polar surface area (TPSA) is 53.5 Å².